The summed E-state index contributed by atoms with van der Waals surface area (Å²) < 4.78 is 0. The molecule has 14 heavy (non-hydrogen) atoms. The first-order chi connectivity index (χ1) is 6.72. The molecule has 0 radical (unpaired) electrons. The lowest BCUT2D eigenvalue weighted by Gasteiger charge is -2.05. The Kier molecular flexibility index (Phi) is 2.19. The van der Waals surface area contributed by atoms with Gasteiger partial charge in [-0.3, -0.25) is 4.79 Å². The zero-order valence-corrected chi connectivity index (χ0v) is 8.37. The molecule has 1 aromatic rings. The number of ketones is 1. The van der Waals surface area contributed by atoms with E-state index in [9.17, 15) is 4.79 Å². The maximum Gasteiger partial charge on any atom is 0.163 e. The highest BCUT2D eigenvalue weighted by molar-refractivity contribution is 5.98. The van der Waals surface area contributed by atoms with Crippen LogP contribution in [0.3, 0.4) is 0 Å². The maximum absolute atomic E-state index is 11.3. The Hall–Kier alpha value is -1.45. The molecule has 4 heteroatoms. The fourth-order valence-electron chi connectivity index (χ4n) is 1.44. The summed E-state index contributed by atoms with van der Waals surface area (Å²) in [6.45, 7) is 1.55. The van der Waals surface area contributed by atoms with Crippen LogP contribution in [0.25, 0.3) is 0 Å². The molecule has 2 rings (SSSR count). The molecule has 0 aromatic carbocycles. The van der Waals surface area contributed by atoms with Gasteiger partial charge in [0.05, 0.1) is 11.3 Å². The molecule has 0 unspecified atom stereocenters. The lowest BCUT2D eigenvalue weighted by atomic mass is 10.1. The summed E-state index contributed by atoms with van der Waals surface area (Å²) in [6.07, 6.45) is 2.34. The normalized spacial score (nSPS) is 15.3. The first kappa shape index (κ1) is 9.12. The summed E-state index contributed by atoms with van der Waals surface area (Å²) in [7, 11) is 1.74. The average Bonchev–Trinajstić information content (AvgIpc) is 3.00. The first-order valence-electron chi connectivity index (χ1n) is 4.78. The standard InChI is InChI=1S/C10H13N3O/c1-6(14)8-5-9(7-3-4-7)12-13-10(8)11-2/h5,7H,3-4H2,1-2H3,(H,11,13). The summed E-state index contributed by atoms with van der Waals surface area (Å²) in [5.74, 6) is 1.14. The SMILES string of the molecule is CNc1nnc(C2CC2)cc1C(C)=O. The summed E-state index contributed by atoms with van der Waals surface area (Å²) >= 11 is 0. The van der Waals surface area contributed by atoms with Crippen LogP contribution in [0.15, 0.2) is 6.07 Å². The predicted octanol–water partition coefficient (Wildman–Crippen LogP) is 1.60. The zero-order chi connectivity index (χ0) is 10.1. The van der Waals surface area contributed by atoms with Crippen molar-refractivity contribution >= 4 is 11.6 Å². The van der Waals surface area contributed by atoms with Gasteiger partial charge in [-0.05, 0) is 25.8 Å². The second-order valence-electron chi connectivity index (χ2n) is 3.61. The Balaban J connectivity index is 2.40. The molecule has 1 aromatic heterocycles. The minimum absolute atomic E-state index is 0.0335. The molecule has 1 aliphatic carbocycles. The van der Waals surface area contributed by atoms with Gasteiger partial charge in [0.25, 0.3) is 0 Å². The van der Waals surface area contributed by atoms with Crippen molar-refractivity contribution < 1.29 is 4.79 Å². The van der Waals surface area contributed by atoms with Gasteiger partial charge in [0.2, 0.25) is 0 Å². The topological polar surface area (TPSA) is 54.9 Å². The molecular formula is C10H13N3O. The van der Waals surface area contributed by atoms with Crippen molar-refractivity contribution in [2.45, 2.75) is 25.7 Å². The third-order valence-electron chi connectivity index (χ3n) is 2.42. The number of rotatable bonds is 3. The van der Waals surface area contributed by atoms with Crippen LogP contribution >= 0.6 is 0 Å². The van der Waals surface area contributed by atoms with E-state index in [0.29, 0.717) is 17.3 Å². The van der Waals surface area contributed by atoms with E-state index in [1.807, 2.05) is 6.07 Å². The molecule has 0 amide bonds. The minimum atomic E-state index is 0.0335. The second kappa shape index (κ2) is 3.36. The lowest BCUT2D eigenvalue weighted by molar-refractivity contribution is 0.101. The van der Waals surface area contributed by atoms with E-state index in [2.05, 4.69) is 15.5 Å². The predicted molar refractivity (Wildman–Crippen MR) is 53.6 cm³/mol. The third kappa shape index (κ3) is 1.60. The lowest BCUT2D eigenvalue weighted by Crippen LogP contribution is -2.06. The van der Waals surface area contributed by atoms with Crippen LogP contribution in [0.4, 0.5) is 5.82 Å². The van der Waals surface area contributed by atoms with Crippen molar-refractivity contribution in [3.05, 3.63) is 17.3 Å². The van der Waals surface area contributed by atoms with Crippen LogP contribution < -0.4 is 5.32 Å². The quantitative estimate of drug-likeness (QED) is 0.737. The Morgan fingerprint density at radius 3 is 2.71 bits per heavy atom. The van der Waals surface area contributed by atoms with Crippen molar-refractivity contribution in [3.63, 3.8) is 0 Å². The third-order valence-corrected chi connectivity index (χ3v) is 2.42. The molecule has 1 saturated carbocycles. The van der Waals surface area contributed by atoms with E-state index in [1.165, 1.54) is 12.8 Å². The summed E-state index contributed by atoms with van der Waals surface area (Å²) in [6, 6.07) is 1.86. The van der Waals surface area contributed by atoms with Gasteiger partial charge in [0, 0.05) is 13.0 Å². The molecule has 1 N–H and O–H groups in total. The fourth-order valence-corrected chi connectivity index (χ4v) is 1.44. The van der Waals surface area contributed by atoms with Crippen LogP contribution in [0.5, 0.6) is 0 Å². The number of hydrogen-bond donors (Lipinski definition) is 1. The van der Waals surface area contributed by atoms with E-state index in [0.717, 1.165) is 5.69 Å². The van der Waals surface area contributed by atoms with Crippen molar-refractivity contribution in [1.29, 1.82) is 0 Å². The molecule has 1 fully saturated rings. The van der Waals surface area contributed by atoms with Crippen molar-refractivity contribution in [2.24, 2.45) is 0 Å². The smallest absolute Gasteiger partial charge is 0.163 e. The molecule has 0 spiro atoms. The largest absolute Gasteiger partial charge is 0.371 e. The molecule has 0 atom stereocenters. The number of nitrogens with one attached hydrogen (secondary N) is 1. The molecule has 0 bridgehead atoms. The average molecular weight is 191 g/mol. The maximum atomic E-state index is 11.3. The highest BCUT2D eigenvalue weighted by Gasteiger charge is 2.26. The first-order valence-corrected chi connectivity index (χ1v) is 4.78. The number of carbonyl (C=O) groups is 1. The van der Waals surface area contributed by atoms with E-state index in [4.69, 9.17) is 0 Å². The van der Waals surface area contributed by atoms with Gasteiger partial charge in [0.15, 0.2) is 11.6 Å². The highest BCUT2D eigenvalue weighted by Crippen LogP contribution is 2.39. The zero-order valence-electron chi connectivity index (χ0n) is 8.37. The van der Waals surface area contributed by atoms with E-state index in [-0.39, 0.29) is 5.78 Å². The number of Topliss-reactive ketones (excluding diaryl/α,β-unsaturated/α-hetero) is 1. The molecule has 1 aliphatic rings. The number of anilines is 1. The van der Waals surface area contributed by atoms with Gasteiger partial charge in [-0.25, -0.2) is 0 Å². The Morgan fingerprint density at radius 1 is 1.50 bits per heavy atom. The Morgan fingerprint density at radius 2 is 2.21 bits per heavy atom. The number of nitrogens with zero attached hydrogens (tertiary/aromatic N) is 2. The summed E-state index contributed by atoms with van der Waals surface area (Å²) in [5, 5.41) is 11.0. The summed E-state index contributed by atoms with van der Waals surface area (Å²) in [4.78, 5) is 11.3. The van der Waals surface area contributed by atoms with Gasteiger partial charge in [-0.15, -0.1) is 5.10 Å². The van der Waals surface area contributed by atoms with Crippen LogP contribution in [0, 0.1) is 0 Å². The highest BCUT2D eigenvalue weighted by atomic mass is 16.1. The molecule has 4 nitrogen and oxygen atoms in total. The van der Waals surface area contributed by atoms with Crippen LogP contribution in [0.2, 0.25) is 0 Å². The van der Waals surface area contributed by atoms with Gasteiger partial charge >= 0.3 is 0 Å². The van der Waals surface area contributed by atoms with Crippen LogP contribution in [-0.2, 0) is 0 Å². The van der Waals surface area contributed by atoms with E-state index >= 15 is 0 Å². The molecular weight excluding hydrogens is 178 g/mol. The van der Waals surface area contributed by atoms with Crippen molar-refractivity contribution in [3.8, 4) is 0 Å². The number of hydrogen-bond acceptors (Lipinski definition) is 4. The van der Waals surface area contributed by atoms with Gasteiger partial charge < -0.3 is 5.32 Å². The molecule has 0 saturated heterocycles. The van der Waals surface area contributed by atoms with Crippen molar-refractivity contribution in [1.82, 2.24) is 10.2 Å². The van der Waals surface area contributed by atoms with Crippen molar-refractivity contribution in [2.75, 3.05) is 12.4 Å². The molecule has 1 heterocycles. The minimum Gasteiger partial charge on any atom is -0.371 e. The molecule has 74 valence electrons. The van der Waals surface area contributed by atoms with Crippen LogP contribution in [-0.4, -0.2) is 23.0 Å². The van der Waals surface area contributed by atoms with Gasteiger partial charge in [-0.1, -0.05) is 0 Å². The Bertz CT molecular complexity index is 372. The number of aromatic nitrogens is 2. The van der Waals surface area contributed by atoms with Gasteiger partial charge in [-0.2, -0.15) is 5.10 Å². The Labute approximate surface area is 82.7 Å². The van der Waals surface area contributed by atoms with Crippen LogP contribution in [0.1, 0.15) is 41.7 Å². The van der Waals surface area contributed by atoms with E-state index < -0.39 is 0 Å². The van der Waals surface area contributed by atoms with E-state index in [1.54, 1.807) is 14.0 Å². The molecule has 0 aliphatic heterocycles. The second-order valence-corrected chi connectivity index (χ2v) is 3.61. The monoisotopic (exact) mass is 191 g/mol. The summed E-state index contributed by atoms with van der Waals surface area (Å²) in [5.41, 5.74) is 1.60. The fraction of sp³-hybridized carbons (Fsp3) is 0.500. The van der Waals surface area contributed by atoms with Gasteiger partial charge in [0.1, 0.15) is 0 Å². The number of carbonyl (C=O) groups excluding carboxylic acids is 1.